The highest BCUT2D eigenvalue weighted by Gasteiger charge is 2.28. The van der Waals surface area contributed by atoms with Gasteiger partial charge in [-0.15, -0.1) is 0 Å². The van der Waals surface area contributed by atoms with E-state index in [-0.39, 0.29) is 23.5 Å². The van der Waals surface area contributed by atoms with E-state index in [4.69, 9.17) is 0 Å². The summed E-state index contributed by atoms with van der Waals surface area (Å²) in [5, 5.41) is 3.98. The van der Waals surface area contributed by atoms with Gasteiger partial charge in [-0.2, -0.15) is 5.10 Å². The number of hydrogen-bond donors (Lipinski definition) is 1. The monoisotopic (exact) mass is 317 g/mol. The second-order valence-electron chi connectivity index (χ2n) is 6.06. The zero-order chi connectivity index (χ0) is 16.2. The zero-order valence-corrected chi connectivity index (χ0v) is 12.9. The number of rotatable bonds is 4. The molecule has 0 radical (unpaired) electrons. The highest BCUT2D eigenvalue weighted by atomic mass is 19.1. The summed E-state index contributed by atoms with van der Waals surface area (Å²) in [6.07, 6.45) is 2.81. The zero-order valence-electron chi connectivity index (χ0n) is 12.9. The van der Waals surface area contributed by atoms with Crippen LogP contribution in [0.2, 0.25) is 0 Å². The molecular formula is C17H20FN3O2. The molecule has 0 unspecified atom stereocenters. The molecule has 2 aliphatic heterocycles. The van der Waals surface area contributed by atoms with Gasteiger partial charge in [0.2, 0.25) is 11.8 Å². The second kappa shape index (κ2) is 6.89. The number of amides is 2. The summed E-state index contributed by atoms with van der Waals surface area (Å²) in [7, 11) is 0. The van der Waals surface area contributed by atoms with E-state index in [0.29, 0.717) is 44.3 Å². The smallest absolute Gasteiger partial charge is 0.240 e. The van der Waals surface area contributed by atoms with Crippen LogP contribution >= 0.6 is 0 Å². The summed E-state index contributed by atoms with van der Waals surface area (Å²) >= 11 is 0. The summed E-state index contributed by atoms with van der Waals surface area (Å²) in [6, 6.07) is 6.78. The molecule has 0 spiro atoms. The Kier molecular flexibility index (Phi) is 4.69. The van der Waals surface area contributed by atoms with Crippen LogP contribution in [0.15, 0.2) is 29.4 Å². The van der Waals surface area contributed by atoms with Crippen LogP contribution in [0.1, 0.15) is 43.6 Å². The minimum Gasteiger partial charge on any atom is -0.342 e. The molecule has 0 aromatic heterocycles. The highest BCUT2D eigenvalue weighted by molar-refractivity contribution is 5.94. The minimum atomic E-state index is -0.195. The van der Waals surface area contributed by atoms with Crippen LogP contribution in [0, 0.1) is 5.82 Å². The van der Waals surface area contributed by atoms with Gasteiger partial charge in [0.05, 0.1) is 0 Å². The highest BCUT2D eigenvalue weighted by Crippen LogP contribution is 2.29. The normalized spacial score (nSPS) is 21.1. The van der Waals surface area contributed by atoms with Crippen LogP contribution in [0.4, 0.5) is 4.39 Å². The topological polar surface area (TPSA) is 61.8 Å². The summed E-state index contributed by atoms with van der Waals surface area (Å²) < 4.78 is 13.8. The van der Waals surface area contributed by atoms with E-state index in [2.05, 4.69) is 10.5 Å². The first-order valence-electron chi connectivity index (χ1n) is 8.00. The van der Waals surface area contributed by atoms with E-state index in [9.17, 15) is 14.0 Å². The summed E-state index contributed by atoms with van der Waals surface area (Å²) in [4.78, 5) is 25.1. The van der Waals surface area contributed by atoms with Crippen LogP contribution in [0.5, 0.6) is 0 Å². The number of hydrogen-bond acceptors (Lipinski definition) is 3. The third kappa shape index (κ3) is 3.75. The largest absolute Gasteiger partial charge is 0.342 e. The van der Waals surface area contributed by atoms with Gasteiger partial charge >= 0.3 is 0 Å². The number of carbonyl (C=O) groups excluding carboxylic acids is 2. The molecule has 23 heavy (non-hydrogen) atoms. The molecule has 1 aromatic rings. The van der Waals surface area contributed by atoms with Crippen LogP contribution < -0.4 is 5.43 Å². The molecule has 122 valence electrons. The van der Waals surface area contributed by atoms with Gasteiger partial charge in [-0.05, 0) is 30.9 Å². The number of halogens is 1. The Labute approximate surface area is 134 Å². The number of carbonyl (C=O) groups is 2. The molecule has 0 saturated carbocycles. The predicted octanol–water partition coefficient (Wildman–Crippen LogP) is 2.19. The van der Waals surface area contributed by atoms with Gasteiger partial charge in [-0.1, -0.05) is 18.2 Å². The quantitative estimate of drug-likeness (QED) is 0.925. The number of likely N-dealkylation sites (tertiary alicyclic amines) is 1. The first-order chi connectivity index (χ1) is 11.1. The third-order valence-corrected chi connectivity index (χ3v) is 4.49. The van der Waals surface area contributed by atoms with Gasteiger partial charge in [0.1, 0.15) is 5.82 Å². The third-order valence-electron chi connectivity index (χ3n) is 4.49. The summed E-state index contributed by atoms with van der Waals surface area (Å²) in [6.45, 7) is 1.24. The average molecular weight is 317 g/mol. The molecule has 6 heteroatoms. The van der Waals surface area contributed by atoms with Gasteiger partial charge < -0.3 is 4.90 Å². The molecule has 1 atom stereocenters. The molecule has 2 aliphatic rings. The van der Waals surface area contributed by atoms with Crippen LogP contribution in [-0.4, -0.2) is 35.5 Å². The van der Waals surface area contributed by atoms with Crippen LogP contribution in [0.25, 0.3) is 0 Å². The Balaban J connectivity index is 1.52. The maximum atomic E-state index is 13.8. The molecule has 1 fully saturated rings. The van der Waals surface area contributed by atoms with Gasteiger partial charge in [0.15, 0.2) is 0 Å². The summed E-state index contributed by atoms with van der Waals surface area (Å²) in [5.41, 5.74) is 4.00. The van der Waals surface area contributed by atoms with Crippen molar-refractivity contribution in [2.75, 3.05) is 13.1 Å². The maximum Gasteiger partial charge on any atom is 0.240 e. The second-order valence-corrected chi connectivity index (χ2v) is 6.06. The van der Waals surface area contributed by atoms with E-state index in [0.717, 1.165) is 12.1 Å². The molecule has 3 rings (SSSR count). The van der Waals surface area contributed by atoms with E-state index in [1.54, 1.807) is 17.0 Å². The lowest BCUT2D eigenvalue weighted by Gasteiger charge is -2.18. The van der Waals surface area contributed by atoms with Crippen molar-refractivity contribution in [2.24, 2.45) is 5.10 Å². The molecule has 1 aromatic carbocycles. The molecular weight excluding hydrogens is 297 g/mol. The van der Waals surface area contributed by atoms with Crippen LogP contribution in [0.3, 0.4) is 0 Å². The van der Waals surface area contributed by atoms with Crippen molar-refractivity contribution < 1.29 is 14.0 Å². The van der Waals surface area contributed by atoms with Crippen molar-refractivity contribution in [1.29, 1.82) is 0 Å². The number of nitrogens with zero attached hydrogens (tertiary/aromatic N) is 2. The van der Waals surface area contributed by atoms with Crippen molar-refractivity contribution in [3.05, 3.63) is 35.6 Å². The minimum absolute atomic E-state index is 0.0726. The van der Waals surface area contributed by atoms with Crippen molar-refractivity contribution in [2.45, 2.75) is 38.0 Å². The van der Waals surface area contributed by atoms with Crippen molar-refractivity contribution in [3.8, 4) is 0 Å². The fourth-order valence-electron chi connectivity index (χ4n) is 3.15. The van der Waals surface area contributed by atoms with E-state index in [1.165, 1.54) is 6.07 Å². The predicted molar refractivity (Wildman–Crippen MR) is 84.4 cm³/mol. The van der Waals surface area contributed by atoms with Crippen molar-refractivity contribution in [3.63, 3.8) is 0 Å². The lowest BCUT2D eigenvalue weighted by molar-refractivity contribution is -0.130. The van der Waals surface area contributed by atoms with Gasteiger partial charge in [0, 0.05) is 37.6 Å². The van der Waals surface area contributed by atoms with Gasteiger partial charge in [0.25, 0.3) is 0 Å². The fourth-order valence-corrected chi connectivity index (χ4v) is 3.15. The molecule has 0 bridgehead atoms. The Hall–Kier alpha value is -2.24. The van der Waals surface area contributed by atoms with E-state index in [1.807, 2.05) is 6.07 Å². The molecule has 2 amide bonds. The lowest BCUT2D eigenvalue weighted by Crippen LogP contribution is -2.30. The maximum absolute atomic E-state index is 13.8. The van der Waals surface area contributed by atoms with Crippen molar-refractivity contribution in [1.82, 2.24) is 10.3 Å². The Morgan fingerprint density at radius 1 is 1.35 bits per heavy atom. The SMILES string of the molecule is O=C1CCC(CCC(=O)N2CC[C@@H](c3ccccc3F)C2)=NN1. The summed E-state index contributed by atoms with van der Waals surface area (Å²) in [5.74, 6) is -0.124. The van der Waals surface area contributed by atoms with E-state index < -0.39 is 0 Å². The number of benzene rings is 1. The Morgan fingerprint density at radius 3 is 2.91 bits per heavy atom. The standard InChI is InChI=1S/C17H20FN3O2/c18-15-4-2-1-3-14(15)12-9-10-21(11-12)17(23)8-6-13-5-7-16(22)20-19-13/h1-4,12H,5-11H2,(H,20,22)/t12-/m1/s1. The number of hydrazone groups is 1. The molecule has 0 aliphatic carbocycles. The first kappa shape index (κ1) is 15.6. The fraction of sp³-hybridized carbons (Fsp3) is 0.471. The molecule has 2 heterocycles. The van der Waals surface area contributed by atoms with Crippen molar-refractivity contribution >= 4 is 17.5 Å². The van der Waals surface area contributed by atoms with Crippen LogP contribution in [-0.2, 0) is 9.59 Å². The number of nitrogens with one attached hydrogen (secondary N) is 1. The Morgan fingerprint density at radius 2 is 2.17 bits per heavy atom. The first-order valence-corrected chi connectivity index (χ1v) is 8.00. The Bertz CT molecular complexity index is 644. The molecule has 5 nitrogen and oxygen atoms in total. The molecule has 1 N–H and O–H groups in total. The lowest BCUT2D eigenvalue weighted by atomic mass is 9.98. The van der Waals surface area contributed by atoms with Gasteiger partial charge in [-0.25, -0.2) is 9.82 Å². The van der Waals surface area contributed by atoms with E-state index >= 15 is 0 Å². The van der Waals surface area contributed by atoms with Gasteiger partial charge in [-0.3, -0.25) is 9.59 Å². The average Bonchev–Trinajstić information content (AvgIpc) is 3.04. The molecule has 1 saturated heterocycles.